The standard InChI is InChI=1S/C12H10ClFN2O/c13-9-6-8(15)3-4-12(9)17-7-11-10(14)2-1-5-16-11/h1-6H,7,15H2. The number of ether oxygens (including phenoxy) is 1. The molecule has 1 aromatic heterocycles. The van der Waals surface area contributed by atoms with Crippen molar-refractivity contribution >= 4 is 17.3 Å². The highest BCUT2D eigenvalue weighted by Crippen LogP contribution is 2.27. The zero-order chi connectivity index (χ0) is 12.3. The molecule has 17 heavy (non-hydrogen) atoms. The molecule has 1 aromatic carbocycles. The van der Waals surface area contributed by atoms with E-state index in [0.29, 0.717) is 16.5 Å². The van der Waals surface area contributed by atoms with Crippen molar-refractivity contribution in [1.82, 2.24) is 4.98 Å². The lowest BCUT2D eigenvalue weighted by molar-refractivity contribution is 0.294. The highest BCUT2D eigenvalue weighted by Gasteiger charge is 2.06. The molecular formula is C12H10ClFN2O. The number of rotatable bonds is 3. The zero-order valence-corrected chi connectivity index (χ0v) is 9.62. The van der Waals surface area contributed by atoms with Gasteiger partial charge in [-0.25, -0.2) is 4.39 Å². The van der Waals surface area contributed by atoms with Gasteiger partial charge in [-0.05, 0) is 30.3 Å². The molecule has 0 saturated carbocycles. The minimum atomic E-state index is -0.404. The van der Waals surface area contributed by atoms with Crippen LogP contribution in [-0.4, -0.2) is 4.98 Å². The minimum Gasteiger partial charge on any atom is -0.486 e. The van der Waals surface area contributed by atoms with Crippen molar-refractivity contribution in [3.63, 3.8) is 0 Å². The molecule has 0 spiro atoms. The summed E-state index contributed by atoms with van der Waals surface area (Å²) in [5.41, 5.74) is 6.33. The summed E-state index contributed by atoms with van der Waals surface area (Å²) in [4.78, 5) is 3.87. The number of halogens is 2. The summed E-state index contributed by atoms with van der Waals surface area (Å²) in [5.74, 6) is 0.0463. The third-order valence-corrected chi connectivity index (χ3v) is 2.45. The number of pyridine rings is 1. The normalized spacial score (nSPS) is 10.2. The van der Waals surface area contributed by atoms with Gasteiger partial charge >= 0.3 is 0 Å². The van der Waals surface area contributed by atoms with Gasteiger partial charge in [0.25, 0.3) is 0 Å². The van der Waals surface area contributed by atoms with Gasteiger partial charge in [-0.1, -0.05) is 11.6 Å². The summed E-state index contributed by atoms with van der Waals surface area (Å²) in [6.45, 7) is 0.0241. The Morgan fingerprint density at radius 2 is 2.18 bits per heavy atom. The fourth-order valence-corrected chi connectivity index (χ4v) is 1.55. The van der Waals surface area contributed by atoms with Crippen LogP contribution >= 0.6 is 11.6 Å². The van der Waals surface area contributed by atoms with E-state index < -0.39 is 5.82 Å². The molecule has 0 amide bonds. The number of aromatic nitrogens is 1. The topological polar surface area (TPSA) is 48.1 Å². The molecule has 88 valence electrons. The number of nitrogen functional groups attached to an aromatic ring is 1. The second-order valence-corrected chi connectivity index (χ2v) is 3.82. The van der Waals surface area contributed by atoms with E-state index >= 15 is 0 Å². The highest BCUT2D eigenvalue weighted by atomic mass is 35.5. The molecule has 0 radical (unpaired) electrons. The molecule has 0 aliphatic carbocycles. The lowest BCUT2D eigenvalue weighted by atomic mass is 10.3. The van der Waals surface area contributed by atoms with Gasteiger partial charge in [-0.15, -0.1) is 0 Å². The lowest BCUT2D eigenvalue weighted by Gasteiger charge is -2.08. The molecule has 5 heteroatoms. The van der Waals surface area contributed by atoms with Crippen LogP contribution in [0.15, 0.2) is 36.5 Å². The lowest BCUT2D eigenvalue weighted by Crippen LogP contribution is -2.01. The molecule has 0 fully saturated rings. The van der Waals surface area contributed by atoms with Crippen LogP contribution < -0.4 is 10.5 Å². The van der Waals surface area contributed by atoms with Gasteiger partial charge in [-0.3, -0.25) is 4.98 Å². The predicted molar refractivity (Wildman–Crippen MR) is 64.4 cm³/mol. The number of benzene rings is 1. The van der Waals surface area contributed by atoms with Gasteiger partial charge in [0, 0.05) is 11.9 Å². The molecule has 0 aliphatic rings. The van der Waals surface area contributed by atoms with Crippen LogP contribution in [-0.2, 0) is 6.61 Å². The smallest absolute Gasteiger partial charge is 0.148 e. The molecule has 2 N–H and O–H groups in total. The van der Waals surface area contributed by atoms with E-state index in [9.17, 15) is 4.39 Å². The van der Waals surface area contributed by atoms with Crippen molar-refractivity contribution in [2.45, 2.75) is 6.61 Å². The van der Waals surface area contributed by atoms with Crippen LogP contribution in [0, 0.1) is 5.82 Å². The second-order valence-electron chi connectivity index (χ2n) is 3.41. The van der Waals surface area contributed by atoms with E-state index in [1.165, 1.54) is 18.3 Å². The van der Waals surface area contributed by atoms with Gasteiger partial charge in [0.05, 0.1) is 5.02 Å². The molecule has 0 unspecified atom stereocenters. The first-order valence-corrected chi connectivity index (χ1v) is 5.32. The molecule has 0 saturated heterocycles. The van der Waals surface area contributed by atoms with Crippen LogP contribution in [0.5, 0.6) is 5.75 Å². The van der Waals surface area contributed by atoms with Crippen molar-refractivity contribution < 1.29 is 9.13 Å². The predicted octanol–water partition coefficient (Wildman–Crippen LogP) is 3.04. The molecule has 1 heterocycles. The van der Waals surface area contributed by atoms with E-state index in [4.69, 9.17) is 22.1 Å². The van der Waals surface area contributed by atoms with Crippen LogP contribution in [0.2, 0.25) is 5.02 Å². The first-order valence-electron chi connectivity index (χ1n) is 4.94. The van der Waals surface area contributed by atoms with E-state index in [-0.39, 0.29) is 12.3 Å². The van der Waals surface area contributed by atoms with Crippen LogP contribution in [0.4, 0.5) is 10.1 Å². The average molecular weight is 253 g/mol. The highest BCUT2D eigenvalue weighted by molar-refractivity contribution is 6.32. The average Bonchev–Trinajstić information content (AvgIpc) is 2.30. The maximum Gasteiger partial charge on any atom is 0.148 e. The SMILES string of the molecule is Nc1ccc(OCc2ncccc2F)c(Cl)c1. The van der Waals surface area contributed by atoms with Crippen LogP contribution in [0.3, 0.4) is 0 Å². The summed E-state index contributed by atoms with van der Waals surface area (Å²) in [5, 5.41) is 0.390. The minimum absolute atomic E-state index is 0.0241. The van der Waals surface area contributed by atoms with Crippen LogP contribution in [0.1, 0.15) is 5.69 Å². The number of nitrogens with zero attached hydrogens (tertiary/aromatic N) is 1. The van der Waals surface area contributed by atoms with Gasteiger partial charge in [-0.2, -0.15) is 0 Å². The first-order chi connectivity index (χ1) is 8.16. The van der Waals surface area contributed by atoms with E-state index in [1.54, 1.807) is 18.2 Å². The van der Waals surface area contributed by atoms with E-state index in [2.05, 4.69) is 4.98 Å². The number of hydrogen-bond donors (Lipinski definition) is 1. The van der Waals surface area contributed by atoms with Crippen molar-refractivity contribution in [2.75, 3.05) is 5.73 Å². The first kappa shape index (κ1) is 11.7. The van der Waals surface area contributed by atoms with Crippen molar-refractivity contribution in [2.24, 2.45) is 0 Å². The molecule has 0 aliphatic heterocycles. The summed E-state index contributed by atoms with van der Waals surface area (Å²) >= 11 is 5.92. The fourth-order valence-electron chi connectivity index (χ4n) is 1.30. The van der Waals surface area contributed by atoms with Crippen molar-refractivity contribution in [1.29, 1.82) is 0 Å². The molecule has 3 nitrogen and oxygen atoms in total. The van der Waals surface area contributed by atoms with Crippen molar-refractivity contribution in [3.05, 3.63) is 53.1 Å². The number of anilines is 1. The Balaban J connectivity index is 2.10. The third-order valence-electron chi connectivity index (χ3n) is 2.16. The summed E-state index contributed by atoms with van der Waals surface area (Å²) < 4.78 is 18.6. The Labute approximate surface area is 103 Å². The van der Waals surface area contributed by atoms with Crippen molar-refractivity contribution in [3.8, 4) is 5.75 Å². The van der Waals surface area contributed by atoms with Gasteiger partial charge in [0.2, 0.25) is 0 Å². The summed E-state index contributed by atoms with van der Waals surface area (Å²) in [7, 11) is 0. The Bertz CT molecular complexity index is 534. The van der Waals surface area contributed by atoms with Crippen LogP contribution in [0.25, 0.3) is 0 Å². The maximum absolute atomic E-state index is 13.3. The van der Waals surface area contributed by atoms with E-state index in [1.807, 2.05) is 0 Å². The molecule has 0 bridgehead atoms. The Morgan fingerprint density at radius 3 is 2.88 bits per heavy atom. The number of nitrogens with two attached hydrogens (primary N) is 1. The molecular weight excluding hydrogens is 243 g/mol. The quantitative estimate of drug-likeness (QED) is 0.854. The van der Waals surface area contributed by atoms with Gasteiger partial charge in [0.15, 0.2) is 0 Å². The Morgan fingerprint density at radius 1 is 1.35 bits per heavy atom. The van der Waals surface area contributed by atoms with Gasteiger partial charge < -0.3 is 10.5 Å². The van der Waals surface area contributed by atoms with E-state index in [0.717, 1.165) is 0 Å². The third kappa shape index (κ3) is 2.85. The summed E-state index contributed by atoms with van der Waals surface area (Å²) in [6.07, 6.45) is 1.51. The molecule has 0 atom stereocenters. The Kier molecular flexibility index (Phi) is 3.44. The van der Waals surface area contributed by atoms with Gasteiger partial charge in [0.1, 0.15) is 23.9 Å². The second kappa shape index (κ2) is 5.01. The zero-order valence-electron chi connectivity index (χ0n) is 8.86. The molecule has 2 rings (SSSR count). The fraction of sp³-hybridized carbons (Fsp3) is 0.0833. The largest absolute Gasteiger partial charge is 0.486 e. The maximum atomic E-state index is 13.3. The number of hydrogen-bond acceptors (Lipinski definition) is 3. The monoisotopic (exact) mass is 252 g/mol. The molecule has 2 aromatic rings. The summed E-state index contributed by atoms with van der Waals surface area (Å²) in [6, 6.07) is 7.73. The Hall–Kier alpha value is -1.81.